The van der Waals surface area contributed by atoms with E-state index in [0.29, 0.717) is 11.8 Å². The summed E-state index contributed by atoms with van der Waals surface area (Å²) in [6.45, 7) is 9.91. The van der Waals surface area contributed by atoms with Crippen LogP contribution < -0.4 is 4.57 Å². The zero-order valence-corrected chi connectivity index (χ0v) is 14.5. The van der Waals surface area contributed by atoms with E-state index >= 15 is 0 Å². The van der Waals surface area contributed by atoms with Crippen LogP contribution in [0.5, 0.6) is 0 Å². The molecule has 0 aliphatic carbocycles. The van der Waals surface area contributed by atoms with Gasteiger partial charge in [0.2, 0.25) is 0 Å². The quantitative estimate of drug-likeness (QED) is 0.365. The Morgan fingerprint density at radius 1 is 1.00 bits per heavy atom. The Labute approximate surface area is 140 Å². The summed E-state index contributed by atoms with van der Waals surface area (Å²) in [5, 5.41) is 7.35. The van der Waals surface area contributed by atoms with Gasteiger partial charge in [0.15, 0.2) is 5.52 Å². The maximum absolute atomic E-state index is 4.82. The number of benzene rings is 1. The summed E-state index contributed by atoms with van der Waals surface area (Å²) in [6.07, 6.45) is 3.91. The van der Waals surface area contributed by atoms with Gasteiger partial charge in [-0.25, -0.2) is 4.57 Å². The van der Waals surface area contributed by atoms with E-state index in [-0.39, 0.29) is 0 Å². The maximum atomic E-state index is 4.82. The first kappa shape index (κ1) is 13.9. The molecular weight excluding hydrogens is 296 g/mol. The molecule has 0 spiro atoms. The summed E-state index contributed by atoms with van der Waals surface area (Å²) < 4.78 is 4.37. The molecule has 0 saturated carbocycles. The number of fused-ring (bicyclic) bond motifs is 3. The van der Waals surface area contributed by atoms with Crippen LogP contribution in [-0.2, 0) is 6.54 Å². The van der Waals surface area contributed by atoms with Gasteiger partial charge in [-0.2, -0.15) is 0 Å². The third-order valence-corrected chi connectivity index (χ3v) is 5.32. The van der Waals surface area contributed by atoms with Gasteiger partial charge in [-0.15, -0.1) is 0 Å². The Hall–Kier alpha value is -2.49. The van der Waals surface area contributed by atoms with Gasteiger partial charge < -0.3 is 0 Å². The van der Waals surface area contributed by atoms with Crippen LogP contribution in [0.25, 0.3) is 27.5 Å². The van der Waals surface area contributed by atoms with Crippen molar-refractivity contribution in [3.8, 4) is 0 Å². The lowest BCUT2D eigenvalue weighted by Gasteiger charge is -2.14. The molecule has 0 saturated heterocycles. The number of rotatable bonds is 2. The zero-order chi connectivity index (χ0) is 16.6. The number of hydrogen-bond acceptors (Lipinski definition) is 2. The van der Waals surface area contributed by atoms with E-state index in [9.17, 15) is 0 Å². The van der Waals surface area contributed by atoms with Crippen molar-refractivity contribution in [3.05, 3.63) is 47.4 Å². The van der Waals surface area contributed by atoms with Crippen molar-refractivity contribution in [2.45, 2.75) is 46.1 Å². The molecule has 0 radical (unpaired) electrons. The molecule has 0 unspecified atom stereocenters. The van der Waals surface area contributed by atoms with E-state index in [2.05, 4.69) is 55.0 Å². The molecule has 0 atom stereocenters. The normalized spacial score (nSPS) is 13.6. The highest BCUT2D eigenvalue weighted by Gasteiger charge is 2.31. The number of pyridine rings is 2. The third-order valence-electron chi connectivity index (χ3n) is 5.32. The van der Waals surface area contributed by atoms with Crippen LogP contribution in [0.3, 0.4) is 0 Å². The van der Waals surface area contributed by atoms with E-state index in [1.54, 1.807) is 0 Å². The fourth-order valence-electron chi connectivity index (χ4n) is 4.18. The average Bonchev–Trinajstić information content (AvgIpc) is 3.12. The Morgan fingerprint density at radius 2 is 1.79 bits per heavy atom. The van der Waals surface area contributed by atoms with E-state index < -0.39 is 0 Å². The van der Waals surface area contributed by atoms with Crippen molar-refractivity contribution < 1.29 is 4.57 Å². The summed E-state index contributed by atoms with van der Waals surface area (Å²) in [7, 11) is 0. The van der Waals surface area contributed by atoms with Gasteiger partial charge in [0.1, 0.15) is 5.52 Å². The molecular formula is C20H21N4+. The molecule has 4 heteroatoms. The monoisotopic (exact) mass is 317 g/mol. The highest BCUT2D eigenvalue weighted by Crippen LogP contribution is 2.38. The SMILES string of the molecule is CC(C)c1ccc2c3c1c1nccc(C(C)C)c1n1nc[n+](c31)C2. The van der Waals surface area contributed by atoms with Crippen molar-refractivity contribution in [1.29, 1.82) is 0 Å². The summed E-state index contributed by atoms with van der Waals surface area (Å²) in [5.74, 6) is 0.895. The van der Waals surface area contributed by atoms with Crippen LogP contribution in [0, 0.1) is 0 Å². The molecule has 0 bridgehead atoms. The van der Waals surface area contributed by atoms with Crippen molar-refractivity contribution in [3.63, 3.8) is 0 Å². The van der Waals surface area contributed by atoms with Gasteiger partial charge in [0, 0.05) is 27.8 Å². The van der Waals surface area contributed by atoms with Crippen LogP contribution >= 0.6 is 0 Å². The predicted molar refractivity (Wildman–Crippen MR) is 95.5 cm³/mol. The molecule has 5 rings (SSSR count). The first-order valence-electron chi connectivity index (χ1n) is 8.71. The molecule has 4 nitrogen and oxygen atoms in total. The summed E-state index contributed by atoms with van der Waals surface area (Å²) in [5.41, 5.74) is 7.53. The molecule has 3 aromatic heterocycles. The van der Waals surface area contributed by atoms with Gasteiger partial charge in [-0.3, -0.25) is 4.98 Å². The Bertz CT molecular complexity index is 1140. The van der Waals surface area contributed by atoms with Crippen LogP contribution in [0.1, 0.15) is 56.2 Å². The molecule has 0 amide bonds. The number of nitrogens with zero attached hydrogens (tertiary/aromatic N) is 4. The van der Waals surface area contributed by atoms with Gasteiger partial charge in [-0.1, -0.05) is 44.3 Å². The summed E-state index contributed by atoms with van der Waals surface area (Å²) in [6, 6.07) is 6.71. The smallest absolute Gasteiger partial charge is 0.252 e. The highest BCUT2D eigenvalue weighted by atomic mass is 15.3. The topological polar surface area (TPSA) is 34.1 Å². The minimum Gasteiger partial charge on any atom is -0.252 e. The standard InChI is InChI=1S/C20H21N4/c1-11(2)14-6-5-13-9-23-10-22-24-19-15(12(3)4)7-8-21-18(19)17(14)16(13)20(23)24/h5-8,10-12H,9H2,1-4H3/q+1. The Morgan fingerprint density at radius 3 is 2.54 bits per heavy atom. The molecule has 4 aromatic rings. The van der Waals surface area contributed by atoms with Gasteiger partial charge in [0.05, 0.1) is 11.9 Å². The zero-order valence-electron chi connectivity index (χ0n) is 14.5. The minimum atomic E-state index is 0.431. The van der Waals surface area contributed by atoms with Crippen LogP contribution in [0.2, 0.25) is 0 Å². The molecule has 24 heavy (non-hydrogen) atoms. The molecule has 0 fully saturated rings. The lowest BCUT2D eigenvalue weighted by atomic mass is 9.92. The van der Waals surface area contributed by atoms with Gasteiger partial charge >= 0.3 is 0 Å². The van der Waals surface area contributed by atoms with Crippen molar-refractivity contribution >= 4 is 27.5 Å². The van der Waals surface area contributed by atoms with Crippen LogP contribution in [0.15, 0.2) is 30.7 Å². The fraction of sp³-hybridized carbons (Fsp3) is 0.350. The highest BCUT2D eigenvalue weighted by molar-refractivity contribution is 6.13. The third kappa shape index (κ3) is 1.56. The molecule has 1 aliphatic rings. The lowest BCUT2D eigenvalue weighted by molar-refractivity contribution is -0.658. The number of aromatic nitrogens is 4. The second-order valence-corrected chi connectivity index (χ2v) is 7.46. The Kier molecular flexibility index (Phi) is 2.62. The van der Waals surface area contributed by atoms with E-state index in [0.717, 1.165) is 17.6 Å². The summed E-state index contributed by atoms with van der Waals surface area (Å²) >= 11 is 0. The first-order valence-corrected chi connectivity index (χ1v) is 8.71. The second-order valence-electron chi connectivity index (χ2n) is 7.46. The lowest BCUT2D eigenvalue weighted by Crippen LogP contribution is -2.28. The fourth-order valence-corrected chi connectivity index (χ4v) is 4.18. The van der Waals surface area contributed by atoms with Crippen LogP contribution in [-0.4, -0.2) is 14.6 Å². The summed E-state index contributed by atoms with van der Waals surface area (Å²) in [4.78, 5) is 4.82. The second kappa shape index (κ2) is 4.53. The minimum absolute atomic E-state index is 0.431. The molecule has 4 heterocycles. The van der Waals surface area contributed by atoms with Crippen molar-refractivity contribution in [2.24, 2.45) is 0 Å². The maximum Gasteiger partial charge on any atom is 0.275 e. The van der Waals surface area contributed by atoms with E-state index in [4.69, 9.17) is 10.1 Å². The van der Waals surface area contributed by atoms with Crippen molar-refractivity contribution in [1.82, 2.24) is 14.6 Å². The largest absolute Gasteiger partial charge is 0.275 e. The Balaban J connectivity index is 2.16. The predicted octanol–water partition coefficient (Wildman–Crippen LogP) is 3.93. The molecule has 1 aromatic carbocycles. The molecule has 0 N–H and O–H groups in total. The van der Waals surface area contributed by atoms with Crippen molar-refractivity contribution in [2.75, 3.05) is 0 Å². The van der Waals surface area contributed by atoms with Gasteiger partial charge in [0.25, 0.3) is 12.0 Å². The number of hydrogen-bond donors (Lipinski definition) is 0. The van der Waals surface area contributed by atoms with E-state index in [1.165, 1.54) is 33.1 Å². The molecule has 120 valence electrons. The van der Waals surface area contributed by atoms with E-state index in [1.807, 2.05) is 12.5 Å². The van der Waals surface area contributed by atoms with Gasteiger partial charge in [-0.05, 0) is 23.5 Å². The molecule has 1 aliphatic heterocycles. The van der Waals surface area contributed by atoms with Crippen LogP contribution in [0.4, 0.5) is 0 Å². The average molecular weight is 317 g/mol. The first-order chi connectivity index (χ1) is 11.6.